The van der Waals surface area contributed by atoms with Crippen LogP contribution in [0.3, 0.4) is 0 Å². The molecule has 2 aliphatic heterocycles. The number of nitrogens with zero attached hydrogens (tertiary/aromatic N) is 2. The summed E-state index contributed by atoms with van der Waals surface area (Å²) in [4.78, 5) is 41.2. The summed E-state index contributed by atoms with van der Waals surface area (Å²) in [6.45, 7) is 3.27. The van der Waals surface area contributed by atoms with Gasteiger partial charge in [-0.25, -0.2) is 4.90 Å². The molecule has 30 heavy (non-hydrogen) atoms. The highest BCUT2D eigenvalue weighted by atomic mass is 35.5. The predicted molar refractivity (Wildman–Crippen MR) is 117 cm³/mol. The zero-order chi connectivity index (χ0) is 21.4. The quantitative estimate of drug-likeness (QED) is 0.714. The number of anilines is 2. The number of hydrogen-bond acceptors (Lipinski definition) is 4. The van der Waals surface area contributed by atoms with Crippen molar-refractivity contribution in [1.29, 1.82) is 0 Å². The van der Waals surface area contributed by atoms with E-state index in [9.17, 15) is 14.4 Å². The number of likely N-dealkylation sites (tertiary alicyclic amines) is 1. The number of imide groups is 1. The first kappa shape index (κ1) is 20.4. The first-order chi connectivity index (χ1) is 14.4. The third-order valence-electron chi connectivity index (χ3n) is 5.21. The van der Waals surface area contributed by atoms with E-state index in [0.29, 0.717) is 27.5 Å². The van der Waals surface area contributed by atoms with Gasteiger partial charge in [-0.3, -0.25) is 14.4 Å². The molecule has 3 amide bonds. The van der Waals surface area contributed by atoms with Gasteiger partial charge >= 0.3 is 0 Å². The van der Waals surface area contributed by atoms with Crippen LogP contribution in [0.2, 0.25) is 5.02 Å². The number of carbonyl (C=O) groups is 3. The Morgan fingerprint density at radius 3 is 2.47 bits per heavy atom. The molecule has 6 nitrogen and oxygen atoms in total. The number of rotatable bonds is 4. The highest BCUT2D eigenvalue weighted by molar-refractivity contribution is 6.53. The topological polar surface area (TPSA) is 69.7 Å². The highest BCUT2D eigenvalue weighted by Crippen LogP contribution is 2.33. The van der Waals surface area contributed by atoms with E-state index in [2.05, 4.69) is 5.32 Å². The standard InChI is InChI=1S/C22H19Cl2N3O3/c1-13-7-8-15(23)12-17(13)27-21(29)18(24)19(22(27)30)25-16-6-4-5-14(11-16)20(28)26-9-2-3-10-26/h4-8,11-12,25H,2-3,9-10H2,1H3. The van der Waals surface area contributed by atoms with Gasteiger partial charge in [0.2, 0.25) is 0 Å². The number of halogens is 2. The van der Waals surface area contributed by atoms with Gasteiger partial charge in [0.05, 0.1) is 5.69 Å². The fourth-order valence-corrected chi connectivity index (χ4v) is 4.01. The van der Waals surface area contributed by atoms with Crippen molar-refractivity contribution >= 4 is 52.3 Å². The fourth-order valence-electron chi connectivity index (χ4n) is 3.63. The van der Waals surface area contributed by atoms with Gasteiger partial charge in [-0.2, -0.15) is 0 Å². The number of hydrogen-bond donors (Lipinski definition) is 1. The van der Waals surface area contributed by atoms with Crippen LogP contribution in [-0.2, 0) is 9.59 Å². The second-order valence-electron chi connectivity index (χ2n) is 7.27. The Morgan fingerprint density at radius 2 is 1.73 bits per heavy atom. The minimum absolute atomic E-state index is 0.0354. The number of carbonyl (C=O) groups excluding carboxylic acids is 3. The van der Waals surface area contributed by atoms with Crippen molar-refractivity contribution in [2.75, 3.05) is 23.3 Å². The predicted octanol–water partition coefficient (Wildman–Crippen LogP) is 4.32. The van der Waals surface area contributed by atoms with Gasteiger partial charge in [0.15, 0.2) is 0 Å². The zero-order valence-corrected chi connectivity index (χ0v) is 17.8. The molecule has 0 unspecified atom stereocenters. The minimum atomic E-state index is -0.626. The molecule has 2 heterocycles. The largest absolute Gasteiger partial charge is 0.350 e. The molecule has 4 rings (SSSR count). The molecule has 0 aromatic heterocycles. The maximum atomic E-state index is 13.0. The van der Waals surface area contributed by atoms with E-state index in [1.807, 2.05) is 0 Å². The van der Waals surface area contributed by atoms with Crippen molar-refractivity contribution in [3.8, 4) is 0 Å². The van der Waals surface area contributed by atoms with Crippen LogP contribution in [0.5, 0.6) is 0 Å². The van der Waals surface area contributed by atoms with E-state index >= 15 is 0 Å². The van der Waals surface area contributed by atoms with Crippen LogP contribution in [0.15, 0.2) is 53.2 Å². The Hall–Kier alpha value is -2.83. The number of benzene rings is 2. The van der Waals surface area contributed by atoms with Gasteiger partial charge in [-0.05, 0) is 55.7 Å². The molecule has 0 atom stereocenters. The third-order valence-corrected chi connectivity index (χ3v) is 5.80. The normalized spacial score (nSPS) is 16.6. The summed E-state index contributed by atoms with van der Waals surface area (Å²) in [7, 11) is 0. The van der Waals surface area contributed by atoms with Crippen molar-refractivity contribution < 1.29 is 14.4 Å². The minimum Gasteiger partial charge on any atom is -0.350 e. The van der Waals surface area contributed by atoms with Gasteiger partial charge in [-0.1, -0.05) is 35.3 Å². The van der Waals surface area contributed by atoms with Crippen LogP contribution in [-0.4, -0.2) is 35.7 Å². The Kier molecular flexibility index (Phi) is 5.54. The molecule has 0 spiro atoms. The summed E-state index contributed by atoms with van der Waals surface area (Å²) in [5, 5.41) is 3.11. The molecule has 0 aliphatic carbocycles. The molecule has 1 fully saturated rings. The van der Waals surface area contributed by atoms with Crippen LogP contribution in [0.4, 0.5) is 11.4 Å². The second kappa shape index (κ2) is 8.13. The summed E-state index contributed by atoms with van der Waals surface area (Å²) in [5.41, 5.74) is 2.07. The van der Waals surface area contributed by atoms with Crippen molar-refractivity contribution in [2.45, 2.75) is 19.8 Å². The summed E-state index contributed by atoms with van der Waals surface area (Å²) < 4.78 is 0. The average Bonchev–Trinajstić information content (AvgIpc) is 3.34. The van der Waals surface area contributed by atoms with E-state index in [-0.39, 0.29) is 16.6 Å². The van der Waals surface area contributed by atoms with Crippen LogP contribution in [0.25, 0.3) is 0 Å². The molecule has 2 aromatic carbocycles. The van der Waals surface area contributed by atoms with Gasteiger partial charge in [0, 0.05) is 29.4 Å². The van der Waals surface area contributed by atoms with Gasteiger partial charge in [0.25, 0.3) is 17.7 Å². The van der Waals surface area contributed by atoms with E-state index in [1.165, 1.54) is 0 Å². The Bertz CT molecular complexity index is 1090. The lowest BCUT2D eigenvalue weighted by Crippen LogP contribution is -2.32. The molecular formula is C22H19Cl2N3O3. The first-order valence-electron chi connectivity index (χ1n) is 9.58. The van der Waals surface area contributed by atoms with E-state index in [4.69, 9.17) is 23.2 Å². The van der Waals surface area contributed by atoms with E-state index in [0.717, 1.165) is 30.8 Å². The lowest BCUT2D eigenvalue weighted by atomic mass is 10.1. The monoisotopic (exact) mass is 443 g/mol. The van der Waals surface area contributed by atoms with Crippen LogP contribution >= 0.6 is 23.2 Å². The Morgan fingerprint density at radius 1 is 1.00 bits per heavy atom. The Labute approximate surface area is 184 Å². The lowest BCUT2D eigenvalue weighted by Gasteiger charge is -2.18. The summed E-state index contributed by atoms with van der Waals surface area (Å²) >= 11 is 12.3. The van der Waals surface area contributed by atoms with Crippen molar-refractivity contribution in [2.24, 2.45) is 0 Å². The molecule has 8 heteroatoms. The maximum absolute atomic E-state index is 13.0. The average molecular weight is 444 g/mol. The smallest absolute Gasteiger partial charge is 0.283 e. The number of nitrogens with one attached hydrogen (secondary N) is 1. The van der Waals surface area contributed by atoms with Crippen molar-refractivity contribution in [3.63, 3.8) is 0 Å². The molecule has 2 aromatic rings. The van der Waals surface area contributed by atoms with Crippen molar-refractivity contribution in [3.05, 3.63) is 69.3 Å². The molecule has 154 valence electrons. The SMILES string of the molecule is Cc1ccc(Cl)cc1N1C(=O)C(Cl)=C(Nc2cccc(C(=O)N3CCCC3)c2)C1=O. The summed E-state index contributed by atoms with van der Waals surface area (Å²) in [5.74, 6) is -1.26. The van der Waals surface area contributed by atoms with Crippen molar-refractivity contribution in [1.82, 2.24) is 4.90 Å². The second-order valence-corrected chi connectivity index (χ2v) is 8.09. The third kappa shape index (κ3) is 3.68. The van der Waals surface area contributed by atoms with Gasteiger partial charge < -0.3 is 10.2 Å². The molecule has 0 saturated carbocycles. The van der Waals surface area contributed by atoms with Gasteiger partial charge in [-0.15, -0.1) is 0 Å². The van der Waals surface area contributed by atoms with Crippen LogP contribution in [0, 0.1) is 6.92 Å². The van der Waals surface area contributed by atoms with E-state index in [1.54, 1.807) is 54.3 Å². The molecule has 2 aliphatic rings. The molecule has 1 saturated heterocycles. The number of aryl methyl sites for hydroxylation is 1. The summed E-state index contributed by atoms with van der Waals surface area (Å²) in [6.07, 6.45) is 2.00. The summed E-state index contributed by atoms with van der Waals surface area (Å²) in [6, 6.07) is 11.8. The number of amides is 3. The Balaban J connectivity index is 1.60. The molecule has 1 N–H and O–H groups in total. The van der Waals surface area contributed by atoms with Crippen LogP contribution < -0.4 is 10.2 Å². The highest BCUT2D eigenvalue weighted by Gasteiger charge is 2.39. The zero-order valence-electron chi connectivity index (χ0n) is 16.2. The first-order valence-corrected chi connectivity index (χ1v) is 10.3. The van der Waals surface area contributed by atoms with Crippen LogP contribution in [0.1, 0.15) is 28.8 Å². The fraction of sp³-hybridized carbons (Fsp3) is 0.227. The lowest BCUT2D eigenvalue weighted by molar-refractivity contribution is -0.120. The van der Waals surface area contributed by atoms with E-state index < -0.39 is 11.8 Å². The van der Waals surface area contributed by atoms with Gasteiger partial charge in [0.1, 0.15) is 10.7 Å². The molecule has 0 radical (unpaired) electrons. The maximum Gasteiger partial charge on any atom is 0.283 e. The molecule has 0 bridgehead atoms. The molecular weight excluding hydrogens is 425 g/mol.